The van der Waals surface area contributed by atoms with E-state index in [9.17, 15) is 4.79 Å². The van der Waals surface area contributed by atoms with Crippen LogP contribution < -0.4 is 0 Å². The predicted octanol–water partition coefficient (Wildman–Crippen LogP) is 5.09. The summed E-state index contributed by atoms with van der Waals surface area (Å²) in [5.41, 5.74) is 2.24. The van der Waals surface area contributed by atoms with Crippen LogP contribution in [-0.4, -0.2) is 36.1 Å². The molecular weight excluding hydrogens is 416 g/mol. The number of aliphatic imine (C=N–C) groups is 1. The van der Waals surface area contributed by atoms with Crippen LogP contribution in [0.2, 0.25) is 0 Å². The largest absolute Gasteiger partial charge is 0.487 e. The molecule has 3 rings (SSSR count). The van der Waals surface area contributed by atoms with Gasteiger partial charge < -0.3 is 9.47 Å². The SMILES string of the molecule is CN(C(=O)OC(C)(C)C)C1=NC2=C(Cl)SC(Br)=C3OCC(=C23)CC1. The van der Waals surface area contributed by atoms with E-state index in [1.54, 1.807) is 7.05 Å². The zero-order chi connectivity index (χ0) is 17.6. The van der Waals surface area contributed by atoms with Crippen molar-refractivity contribution in [3.63, 3.8) is 0 Å². The van der Waals surface area contributed by atoms with Crippen molar-refractivity contribution >= 4 is 51.2 Å². The van der Waals surface area contributed by atoms with Gasteiger partial charge in [-0.2, -0.15) is 0 Å². The molecule has 8 heteroatoms. The number of rotatable bonds is 0. The third-order valence-corrected chi connectivity index (χ3v) is 5.69. The highest BCUT2D eigenvalue weighted by Crippen LogP contribution is 2.51. The van der Waals surface area contributed by atoms with E-state index in [1.807, 2.05) is 20.8 Å². The van der Waals surface area contributed by atoms with Gasteiger partial charge in [-0.3, -0.25) is 4.90 Å². The average Bonchev–Trinajstić information content (AvgIpc) is 2.79. The number of carbonyl (C=O) groups is 1. The third-order valence-electron chi connectivity index (χ3n) is 3.70. The Morgan fingerprint density at radius 3 is 2.79 bits per heavy atom. The first-order valence-electron chi connectivity index (χ1n) is 7.54. The van der Waals surface area contributed by atoms with E-state index in [0.717, 1.165) is 27.1 Å². The molecule has 3 aliphatic rings. The Labute approximate surface area is 158 Å². The molecule has 0 unspecified atom stereocenters. The minimum absolute atomic E-state index is 0.420. The van der Waals surface area contributed by atoms with E-state index in [0.29, 0.717) is 28.9 Å². The summed E-state index contributed by atoms with van der Waals surface area (Å²) in [6, 6.07) is 0. The number of carbonyl (C=O) groups excluding carboxylic acids is 1. The number of ether oxygens (including phenoxy) is 2. The Hall–Kier alpha value is -0.920. The number of hydrogen-bond donors (Lipinski definition) is 0. The maximum atomic E-state index is 12.3. The lowest BCUT2D eigenvalue weighted by atomic mass is 10.0. The molecule has 0 saturated carbocycles. The van der Waals surface area contributed by atoms with Gasteiger partial charge in [0.1, 0.15) is 33.9 Å². The molecule has 0 bridgehead atoms. The number of hydrogen-bond acceptors (Lipinski definition) is 5. The van der Waals surface area contributed by atoms with Crippen molar-refractivity contribution in [3.05, 3.63) is 30.8 Å². The molecule has 0 spiro atoms. The van der Waals surface area contributed by atoms with Crippen LogP contribution in [0.25, 0.3) is 0 Å². The molecule has 0 radical (unpaired) electrons. The Bertz CT molecular complexity index is 734. The van der Waals surface area contributed by atoms with E-state index in [2.05, 4.69) is 20.9 Å². The van der Waals surface area contributed by atoms with Crippen LogP contribution in [0.4, 0.5) is 4.79 Å². The van der Waals surface area contributed by atoms with Gasteiger partial charge in [0.15, 0.2) is 0 Å². The number of halogens is 2. The molecule has 1 amide bonds. The minimum Gasteiger partial charge on any atom is -0.487 e. The topological polar surface area (TPSA) is 51.1 Å². The molecule has 0 atom stereocenters. The summed E-state index contributed by atoms with van der Waals surface area (Å²) in [5.74, 6) is 1.43. The van der Waals surface area contributed by atoms with Gasteiger partial charge in [-0.15, -0.1) is 0 Å². The molecule has 0 aromatic carbocycles. The summed E-state index contributed by atoms with van der Waals surface area (Å²) in [6.07, 6.45) is 0.974. The lowest BCUT2D eigenvalue weighted by Gasteiger charge is -2.25. The van der Waals surface area contributed by atoms with Crippen LogP contribution in [-0.2, 0) is 9.47 Å². The molecular formula is C16H18BrClN2O3S. The molecule has 130 valence electrons. The summed E-state index contributed by atoms with van der Waals surface area (Å²) in [5, 5.41) is 0. The molecule has 3 heterocycles. The van der Waals surface area contributed by atoms with E-state index < -0.39 is 11.7 Å². The lowest BCUT2D eigenvalue weighted by molar-refractivity contribution is 0.0399. The summed E-state index contributed by atoms with van der Waals surface area (Å²) in [6.45, 7) is 6.06. The molecule has 5 nitrogen and oxygen atoms in total. The molecule has 0 saturated heterocycles. The first-order valence-corrected chi connectivity index (χ1v) is 9.53. The average molecular weight is 434 g/mol. The van der Waals surface area contributed by atoms with Crippen LogP contribution in [0.15, 0.2) is 35.8 Å². The molecule has 0 N–H and O–H groups in total. The number of amidine groups is 1. The van der Waals surface area contributed by atoms with Gasteiger partial charge in [-0.25, -0.2) is 9.79 Å². The van der Waals surface area contributed by atoms with Crippen molar-refractivity contribution < 1.29 is 14.3 Å². The van der Waals surface area contributed by atoms with Gasteiger partial charge in [0.2, 0.25) is 0 Å². The van der Waals surface area contributed by atoms with Crippen LogP contribution in [0.3, 0.4) is 0 Å². The number of amides is 1. The smallest absolute Gasteiger partial charge is 0.415 e. The summed E-state index contributed by atoms with van der Waals surface area (Å²) in [7, 11) is 1.68. The normalized spacial score (nSPS) is 20.5. The second-order valence-electron chi connectivity index (χ2n) is 6.66. The van der Waals surface area contributed by atoms with Crippen LogP contribution in [0.1, 0.15) is 33.6 Å². The van der Waals surface area contributed by atoms with Crippen molar-refractivity contribution in [1.82, 2.24) is 4.90 Å². The zero-order valence-electron chi connectivity index (χ0n) is 13.9. The van der Waals surface area contributed by atoms with Gasteiger partial charge in [-0.1, -0.05) is 23.4 Å². The molecule has 0 aliphatic carbocycles. The van der Waals surface area contributed by atoms with Gasteiger partial charge in [0.25, 0.3) is 0 Å². The highest BCUT2D eigenvalue weighted by atomic mass is 79.9. The second kappa shape index (κ2) is 6.42. The lowest BCUT2D eigenvalue weighted by Crippen LogP contribution is -2.38. The van der Waals surface area contributed by atoms with E-state index in [1.165, 1.54) is 16.7 Å². The number of nitrogens with zero attached hydrogens (tertiary/aromatic N) is 2. The fraction of sp³-hybridized carbons (Fsp3) is 0.500. The number of thioether (sulfide) groups is 1. The van der Waals surface area contributed by atoms with Gasteiger partial charge in [-0.05, 0) is 48.7 Å². The maximum Gasteiger partial charge on any atom is 0.415 e. The Morgan fingerprint density at radius 1 is 1.42 bits per heavy atom. The zero-order valence-corrected chi connectivity index (χ0v) is 17.1. The summed E-state index contributed by atoms with van der Waals surface area (Å²) < 4.78 is 12.6. The first kappa shape index (κ1) is 17.9. The highest BCUT2D eigenvalue weighted by molar-refractivity contribution is 9.14. The van der Waals surface area contributed by atoms with Crippen molar-refractivity contribution in [2.24, 2.45) is 4.99 Å². The van der Waals surface area contributed by atoms with Gasteiger partial charge >= 0.3 is 6.09 Å². The fourth-order valence-corrected chi connectivity index (χ4v) is 4.69. The van der Waals surface area contributed by atoms with Crippen molar-refractivity contribution in [1.29, 1.82) is 0 Å². The van der Waals surface area contributed by atoms with Crippen molar-refractivity contribution in [3.8, 4) is 0 Å². The predicted molar refractivity (Wildman–Crippen MR) is 100 cm³/mol. The first-order chi connectivity index (χ1) is 11.2. The molecule has 0 aromatic heterocycles. The van der Waals surface area contributed by atoms with E-state index >= 15 is 0 Å². The minimum atomic E-state index is -0.553. The highest BCUT2D eigenvalue weighted by Gasteiger charge is 2.36. The molecule has 0 aromatic rings. The summed E-state index contributed by atoms with van der Waals surface area (Å²) in [4.78, 5) is 18.5. The van der Waals surface area contributed by atoms with Crippen LogP contribution >= 0.6 is 39.3 Å². The Kier molecular flexibility index (Phi) is 4.79. The van der Waals surface area contributed by atoms with Crippen molar-refractivity contribution in [2.45, 2.75) is 39.2 Å². The monoisotopic (exact) mass is 432 g/mol. The quantitative estimate of drug-likeness (QED) is 0.534. The molecule has 0 fully saturated rings. The van der Waals surface area contributed by atoms with Gasteiger partial charge in [0, 0.05) is 19.0 Å². The Balaban J connectivity index is 1.92. The van der Waals surface area contributed by atoms with Crippen molar-refractivity contribution in [2.75, 3.05) is 13.7 Å². The second-order valence-corrected chi connectivity index (χ2v) is 9.60. The Morgan fingerprint density at radius 2 is 2.12 bits per heavy atom. The standard InChI is InChI=1S/C16H18BrClN2O3S/c1-16(2,3)23-15(21)20(4)9-6-5-8-7-22-12-10(8)11(19-9)14(18)24-13(12)17/h5-7H2,1-4H3. The van der Waals surface area contributed by atoms with E-state index in [4.69, 9.17) is 21.1 Å². The van der Waals surface area contributed by atoms with Crippen LogP contribution in [0, 0.1) is 0 Å². The molecule has 24 heavy (non-hydrogen) atoms. The molecule has 3 aliphatic heterocycles. The van der Waals surface area contributed by atoms with Crippen LogP contribution in [0.5, 0.6) is 0 Å². The summed E-state index contributed by atoms with van der Waals surface area (Å²) >= 11 is 11.3. The fourth-order valence-electron chi connectivity index (χ4n) is 2.59. The third kappa shape index (κ3) is 3.39. The van der Waals surface area contributed by atoms with Gasteiger partial charge in [0.05, 0.1) is 3.81 Å². The van der Waals surface area contributed by atoms with E-state index in [-0.39, 0.29) is 0 Å². The maximum absolute atomic E-state index is 12.3.